The molecule has 180 valence electrons. The first kappa shape index (κ1) is 24.0. The van der Waals surface area contributed by atoms with Gasteiger partial charge >= 0.3 is 0 Å². The molecule has 7 heteroatoms. The predicted molar refractivity (Wildman–Crippen MR) is 132 cm³/mol. The lowest BCUT2D eigenvalue weighted by Crippen LogP contribution is -2.22. The smallest absolute Gasteiger partial charge is 0.199 e. The number of phenols is 2. The van der Waals surface area contributed by atoms with Crippen LogP contribution in [0.5, 0.6) is 17.2 Å². The molecule has 0 saturated carbocycles. The molecule has 0 amide bonds. The fourth-order valence-electron chi connectivity index (χ4n) is 3.48. The van der Waals surface area contributed by atoms with Gasteiger partial charge in [-0.1, -0.05) is 5.16 Å². The van der Waals surface area contributed by atoms with Crippen molar-refractivity contribution in [2.24, 2.45) is 0 Å². The quantitative estimate of drug-likeness (QED) is 0.245. The maximum atomic E-state index is 13.7. The van der Waals surface area contributed by atoms with E-state index in [1.807, 2.05) is 20.8 Å². The van der Waals surface area contributed by atoms with Gasteiger partial charge in [-0.05, 0) is 93.6 Å². The van der Waals surface area contributed by atoms with Gasteiger partial charge in [0, 0.05) is 16.7 Å². The molecule has 35 heavy (non-hydrogen) atoms. The average Bonchev–Trinajstić information content (AvgIpc) is 3.27. The van der Waals surface area contributed by atoms with Crippen LogP contribution in [0.1, 0.15) is 36.7 Å². The largest absolute Gasteiger partial charge is 0.508 e. The van der Waals surface area contributed by atoms with E-state index in [9.17, 15) is 15.0 Å². The van der Waals surface area contributed by atoms with Gasteiger partial charge in [0.25, 0.3) is 0 Å². The Morgan fingerprint density at radius 1 is 0.829 bits per heavy atom. The lowest BCUT2D eigenvalue weighted by molar-refractivity contribution is -0.0163. The summed E-state index contributed by atoms with van der Waals surface area (Å²) in [5.74, 6) is 0.843. The molecule has 3 aromatic carbocycles. The first-order valence-corrected chi connectivity index (χ1v) is 11.2. The van der Waals surface area contributed by atoms with Gasteiger partial charge in [-0.2, -0.15) is 0 Å². The SMILES string of the molecule is CC(C)(C)OCCOc1ccc(C(=O)c2c(-c3ccc(O)cc3)noc2-c2ccc(O)cc2)cc1. The van der Waals surface area contributed by atoms with E-state index in [1.165, 1.54) is 24.3 Å². The second-order valence-electron chi connectivity index (χ2n) is 8.99. The molecule has 0 unspecified atom stereocenters. The van der Waals surface area contributed by atoms with Crippen LogP contribution in [-0.4, -0.2) is 40.0 Å². The Balaban J connectivity index is 1.63. The molecule has 1 aromatic heterocycles. The van der Waals surface area contributed by atoms with Gasteiger partial charge in [-0.3, -0.25) is 4.79 Å². The molecule has 4 aromatic rings. The summed E-state index contributed by atoms with van der Waals surface area (Å²) in [4.78, 5) is 13.7. The van der Waals surface area contributed by atoms with Gasteiger partial charge in [0.15, 0.2) is 11.5 Å². The summed E-state index contributed by atoms with van der Waals surface area (Å²) in [5.41, 5.74) is 2.07. The zero-order valence-electron chi connectivity index (χ0n) is 19.8. The highest BCUT2D eigenvalue weighted by atomic mass is 16.5. The van der Waals surface area contributed by atoms with Crippen molar-refractivity contribution < 1.29 is 29.0 Å². The molecule has 0 aliphatic rings. The first-order valence-electron chi connectivity index (χ1n) is 11.2. The van der Waals surface area contributed by atoms with Crippen LogP contribution in [0.2, 0.25) is 0 Å². The third-order valence-corrected chi connectivity index (χ3v) is 5.19. The molecule has 0 atom stereocenters. The molecule has 0 aliphatic heterocycles. The minimum atomic E-state index is -0.278. The van der Waals surface area contributed by atoms with Crippen LogP contribution in [0, 0.1) is 0 Å². The monoisotopic (exact) mass is 473 g/mol. The molecule has 0 fully saturated rings. The Labute approximate surface area is 203 Å². The van der Waals surface area contributed by atoms with Crippen molar-refractivity contribution in [3.8, 4) is 39.8 Å². The maximum absolute atomic E-state index is 13.7. The van der Waals surface area contributed by atoms with Crippen molar-refractivity contribution in [3.05, 3.63) is 83.9 Å². The van der Waals surface area contributed by atoms with Crippen LogP contribution in [0.15, 0.2) is 77.3 Å². The number of carbonyl (C=O) groups excluding carboxylic acids is 1. The molecule has 2 N–H and O–H groups in total. The number of aromatic nitrogens is 1. The average molecular weight is 474 g/mol. The van der Waals surface area contributed by atoms with Gasteiger partial charge < -0.3 is 24.2 Å². The summed E-state index contributed by atoms with van der Waals surface area (Å²) >= 11 is 0. The van der Waals surface area contributed by atoms with Crippen LogP contribution < -0.4 is 4.74 Å². The normalized spacial score (nSPS) is 11.4. The Morgan fingerprint density at radius 3 is 1.97 bits per heavy atom. The van der Waals surface area contributed by atoms with Crippen molar-refractivity contribution in [2.45, 2.75) is 26.4 Å². The number of hydrogen-bond acceptors (Lipinski definition) is 7. The second-order valence-corrected chi connectivity index (χ2v) is 8.99. The van der Waals surface area contributed by atoms with Crippen molar-refractivity contribution >= 4 is 5.78 Å². The highest BCUT2D eigenvalue weighted by Crippen LogP contribution is 2.35. The summed E-state index contributed by atoms with van der Waals surface area (Å²) in [7, 11) is 0. The van der Waals surface area contributed by atoms with E-state index in [4.69, 9.17) is 14.0 Å². The number of nitrogens with zero attached hydrogens (tertiary/aromatic N) is 1. The first-order chi connectivity index (χ1) is 16.7. The number of rotatable bonds is 8. The van der Waals surface area contributed by atoms with Gasteiger partial charge in [-0.15, -0.1) is 0 Å². The summed E-state index contributed by atoms with van der Waals surface area (Å²) < 4.78 is 17.0. The molecular formula is C28H27NO6. The van der Waals surface area contributed by atoms with Gasteiger partial charge in [0.2, 0.25) is 0 Å². The Kier molecular flexibility index (Phi) is 6.89. The Morgan fingerprint density at radius 2 is 1.40 bits per heavy atom. The highest BCUT2D eigenvalue weighted by Gasteiger charge is 2.26. The van der Waals surface area contributed by atoms with Crippen molar-refractivity contribution in [1.29, 1.82) is 0 Å². The molecule has 0 radical (unpaired) electrons. The van der Waals surface area contributed by atoms with Gasteiger partial charge in [0.1, 0.15) is 29.5 Å². The number of carbonyl (C=O) groups is 1. The second kappa shape index (κ2) is 10.0. The summed E-state index contributed by atoms with van der Waals surface area (Å²) in [6.07, 6.45) is 0. The molecule has 7 nitrogen and oxygen atoms in total. The van der Waals surface area contributed by atoms with Crippen LogP contribution in [0.3, 0.4) is 0 Å². The number of phenolic OH excluding ortho intramolecular Hbond substituents is 2. The molecule has 0 bridgehead atoms. The number of aromatic hydroxyl groups is 2. The van der Waals surface area contributed by atoms with E-state index < -0.39 is 0 Å². The molecule has 0 spiro atoms. The van der Waals surface area contributed by atoms with E-state index in [2.05, 4.69) is 5.16 Å². The van der Waals surface area contributed by atoms with Crippen molar-refractivity contribution in [3.63, 3.8) is 0 Å². The standard InChI is InChI=1S/C28H27NO6/c1-28(2,3)34-17-16-33-23-14-8-19(9-15-23)26(32)24-25(18-4-10-21(30)11-5-18)29-35-27(24)20-6-12-22(31)13-7-20/h4-15,30-31H,16-17H2,1-3H3. The van der Waals surface area contributed by atoms with Crippen LogP contribution in [0.4, 0.5) is 0 Å². The van der Waals surface area contributed by atoms with E-state index in [1.54, 1.807) is 48.5 Å². The molecule has 0 saturated heterocycles. The molecule has 1 heterocycles. The fourth-order valence-corrected chi connectivity index (χ4v) is 3.48. The Bertz CT molecular complexity index is 1220. The summed E-state index contributed by atoms with van der Waals surface area (Å²) in [5, 5.41) is 23.5. The maximum Gasteiger partial charge on any atom is 0.199 e. The van der Waals surface area contributed by atoms with Crippen molar-refractivity contribution in [1.82, 2.24) is 5.16 Å². The molecule has 0 aliphatic carbocycles. The van der Waals surface area contributed by atoms with E-state index >= 15 is 0 Å². The number of ether oxygens (including phenoxy) is 2. The van der Waals surface area contributed by atoms with Crippen LogP contribution in [0.25, 0.3) is 22.6 Å². The van der Waals surface area contributed by atoms with Crippen LogP contribution in [-0.2, 0) is 4.74 Å². The van der Waals surface area contributed by atoms with E-state index in [0.717, 1.165) is 0 Å². The number of benzene rings is 3. The third kappa shape index (κ3) is 5.88. The lowest BCUT2D eigenvalue weighted by Gasteiger charge is -2.19. The van der Waals surface area contributed by atoms with E-state index in [0.29, 0.717) is 41.3 Å². The number of hydrogen-bond donors (Lipinski definition) is 2. The van der Waals surface area contributed by atoms with Gasteiger partial charge in [-0.25, -0.2) is 0 Å². The molecule has 4 rings (SSSR count). The van der Waals surface area contributed by atoms with Crippen molar-refractivity contribution in [2.75, 3.05) is 13.2 Å². The minimum Gasteiger partial charge on any atom is -0.508 e. The third-order valence-electron chi connectivity index (χ3n) is 5.19. The zero-order valence-corrected chi connectivity index (χ0v) is 19.8. The molecular weight excluding hydrogens is 446 g/mol. The minimum absolute atomic E-state index is 0.100. The number of ketones is 1. The highest BCUT2D eigenvalue weighted by molar-refractivity contribution is 6.15. The Hall–Kier alpha value is -4.10. The fraction of sp³-hybridized carbons (Fsp3) is 0.214. The zero-order chi connectivity index (χ0) is 25.0. The summed E-state index contributed by atoms with van der Waals surface area (Å²) in [6, 6.07) is 19.6. The lowest BCUT2D eigenvalue weighted by atomic mass is 9.95. The van der Waals surface area contributed by atoms with Gasteiger partial charge in [0.05, 0.1) is 17.8 Å². The topological polar surface area (TPSA) is 102 Å². The summed E-state index contributed by atoms with van der Waals surface area (Å²) in [6.45, 7) is 6.80. The predicted octanol–water partition coefficient (Wildman–Crippen LogP) is 5.84. The van der Waals surface area contributed by atoms with Crippen LogP contribution >= 0.6 is 0 Å². The van der Waals surface area contributed by atoms with E-state index in [-0.39, 0.29) is 34.2 Å².